The quantitative estimate of drug-likeness (QED) is 0.849. The lowest BCUT2D eigenvalue weighted by Crippen LogP contribution is -2.18. The van der Waals surface area contributed by atoms with Crippen LogP contribution in [-0.2, 0) is 0 Å². The topological polar surface area (TPSA) is 55.5 Å². The molecule has 3 N–H and O–H groups in total. The van der Waals surface area contributed by atoms with Gasteiger partial charge in [-0.05, 0) is 17.7 Å². The third-order valence-corrected chi connectivity index (χ3v) is 1.86. The Balaban J connectivity index is 0.00000196. The normalized spacial score (nSPS) is 12.1. The fourth-order valence-electron chi connectivity index (χ4n) is 1.06. The summed E-state index contributed by atoms with van der Waals surface area (Å²) in [5.41, 5.74) is 5.38. The molecule has 0 aliphatic carbocycles. The average molecular weight is 240 g/mol. The summed E-state index contributed by atoms with van der Waals surface area (Å²) in [5.74, 6) is 0.0383. The van der Waals surface area contributed by atoms with Gasteiger partial charge < -0.3 is 15.6 Å². The molecule has 0 amide bonds. The fraction of sp³-hybridized carbons (Fsp3) is 0.333. The molecule has 0 spiro atoms. The van der Waals surface area contributed by atoms with Crippen LogP contribution in [0.2, 0.25) is 0 Å². The maximum Gasteiger partial charge on any atom is 0.257 e. The number of aromatic hydroxyl groups is 1. The third-order valence-electron chi connectivity index (χ3n) is 1.86. The van der Waals surface area contributed by atoms with Crippen LogP contribution in [0, 0.1) is 0 Å². The molecule has 0 saturated heterocycles. The molecule has 0 bridgehead atoms. The largest absolute Gasteiger partial charge is 0.504 e. The van der Waals surface area contributed by atoms with E-state index in [1.54, 1.807) is 0 Å². The predicted molar refractivity (Wildman–Crippen MR) is 54.8 cm³/mol. The molecule has 6 heteroatoms. The van der Waals surface area contributed by atoms with E-state index in [4.69, 9.17) is 10.5 Å². The van der Waals surface area contributed by atoms with E-state index in [1.807, 2.05) is 0 Å². The fourth-order valence-corrected chi connectivity index (χ4v) is 1.06. The van der Waals surface area contributed by atoms with Crippen LogP contribution in [0.5, 0.6) is 11.5 Å². The molecule has 1 aromatic carbocycles. The number of methoxy groups -OCH3 is 1. The highest BCUT2D eigenvalue weighted by molar-refractivity contribution is 5.85. The molecule has 3 nitrogen and oxygen atoms in total. The SMILES string of the molecule is COc1ccc([C@@H](N)C(F)F)cc1O.Cl. The van der Waals surface area contributed by atoms with Crippen molar-refractivity contribution in [3.63, 3.8) is 0 Å². The number of nitrogens with two attached hydrogens (primary N) is 1. The first-order chi connectivity index (χ1) is 6.56. The first-order valence-corrected chi connectivity index (χ1v) is 3.97. The second-order valence-electron chi connectivity index (χ2n) is 2.79. The van der Waals surface area contributed by atoms with Crippen molar-refractivity contribution < 1.29 is 18.6 Å². The number of hydrogen-bond donors (Lipinski definition) is 2. The van der Waals surface area contributed by atoms with E-state index in [2.05, 4.69) is 0 Å². The lowest BCUT2D eigenvalue weighted by molar-refractivity contribution is 0.116. The Hall–Kier alpha value is -1.07. The summed E-state index contributed by atoms with van der Waals surface area (Å²) in [4.78, 5) is 0. The summed E-state index contributed by atoms with van der Waals surface area (Å²) in [6.45, 7) is 0. The first-order valence-electron chi connectivity index (χ1n) is 3.97. The lowest BCUT2D eigenvalue weighted by Gasteiger charge is -2.12. The van der Waals surface area contributed by atoms with Gasteiger partial charge in [-0.25, -0.2) is 8.78 Å². The second kappa shape index (κ2) is 5.72. The van der Waals surface area contributed by atoms with Crippen molar-refractivity contribution in [2.45, 2.75) is 12.5 Å². The summed E-state index contributed by atoms with van der Waals surface area (Å²) in [6, 6.07) is 2.59. The molecular formula is C9H12ClF2NO2. The number of alkyl halides is 2. The Bertz CT molecular complexity index is 323. The summed E-state index contributed by atoms with van der Waals surface area (Å²) in [7, 11) is 1.38. The van der Waals surface area contributed by atoms with Crippen LogP contribution in [0.15, 0.2) is 18.2 Å². The molecular weight excluding hydrogens is 228 g/mol. The summed E-state index contributed by atoms with van der Waals surface area (Å²) in [6.07, 6.45) is -2.65. The molecule has 15 heavy (non-hydrogen) atoms. The van der Waals surface area contributed by atoms with Crippen molar-refractivity contribution in [3.05, 3.63) is 23.8 Å². The monoisotopic (exact) mass is 239 g/mol. The molecule has 86 valence electrons. The molecule has 0 unspecified atom stereocenters. The summed E-state index contributed by atoms with van der Waals surface area (Å²) < 4.78 is 29.1. The standard InChI is InChI=1S/C9H11F2NO2.ClH/c1-14-7-3-2-5(4-6(7)13)8(12)9(10)11;/h2-4,8-9,13H,12H2,1H3;1H/t8-;/m1./s1. The smallest absolute Gasteiger partial charge is 0.257 e. The minimum atomic E-state index is -2.65. The van der Waals surface area contributed by atoms with Crippen LogP contribution >= 0.6 is 12.4 Å². The average Bonchev–Trinajstić information content (AvgIpc) is 2.16. The zero-order valence-corrected chi connectivity index (χ0v) is 8.80. The molecule has 0 aliphatic rings. The van der Waals surface area contributed by atoms with Crippen LogP contribution < -0.4 is 10.5 Å². The summed E-state index contributed by atoms with van der Waals surface area (Å²) in [5, 5.41) is 9.30. The van der Waals surface area contributed by atoms with Gasteiger partial charge in [0.2, 0.25) is 0 Å². The molecule has 0 fully saturated rings. The lowest BCUT2D eigenvalue weighted by atomic mass is 10.1. The molecule has 0 saturated carbocycles. The zero-order chi connectivity index (χ0) is 10.7. The van der Waals surface area contributed by atoms with Gasteiger partial charge in [0.05, 0.1) is 13.2 Å². The molecule has 1 aromatic rings. The van der Waals surface area contributed by atoms with Crippen molar-refractivity contribution in [3.8, 4) is 11.5 Å². The highest BCUT2D eigenvalue weighted by Crippen LogP contribution is 2.29. The highest BCUT2D eigenvalue weighted by atomic mass is 35.5. The number of ether oxygens (including phenoxy) is 1. The van der Waals surface area contributed by atoms with E-state index < -0.39 is 12.5 Å². The van der Waals surface area contributed by atoms with Crippen molar-refractivity contribution in [2.75, 3.05) is 7.11 Å². The van der Waals surface area contributed by atoms with Gasteiger partial charge >= 0.3 is 0 Å². The van der Waals surface area contributed by atoms with Gasteiger partial charge in [-0.2, -0.15) is 0 Å². The Kier molecular flexibility index (Phi) is 5.32. The molecule has 0 heterocycles. The molecule has 0 aliphatic heterocycles. The van der Waals surface area contributed by atoms with Crippen LogP contribution in [0.1, 0.15) is 11.6 Å². The molecule has 0 radical (unpaired) electrons. The maximum atomic E-state index is 12.2. The second-order valence-corrected chi connectivity index (χ2v) is 2.79. The Morgan fingerprint density at radius 2 is 2.00 bits per heavy atom. The first kappa shape index (κ1) is 13.9. The van der Waals surface area contributed by atoms with Gasteiger partial charge in [0.25, 0.3) is 6.43 Å². The molecule has 1 atom stereocenters. The van der Waals surface area contributed by atoms with E-state index in [0.29, 0.717) is 0 Å². The Morgan fingerprint density at radius 1 is 1.40 bits per heavy atom. The van der Waals surface area contributed by atoms with Crippen molar-refractivity contribution in [1.29, 1.82) is 0 Å². The van der Waals surface area contributed by atoms with Gasteiger partial charge in [-0.15, -0.1) is 12.4 Å². The highest BCUT2D eigenvalue weighted by Gasteiger charge is 2.18. The van der Waals surface area contributed by atoms with Gasteiger partial charge in [0.1, 0.15) is 0 Å². The van der Waals surface area contributed by atoms with Gasteiger partial charge in [-0.3, -0.25) is 0 Å². The van der Waals surface area contributed by atoms with Crippen molar-refractivity contribution in [1.82, 2.24) is 0 Å². The van der Waals surface area contributed by atoms with Gasteiger partial charge in [0.15, 0.2) is 11.5 Å². The van der Waals surface area contributed by atoms with Crippen molar-refractivity contribution in [2.24, 2.45) is 5.73 Å². The van der Waals surface area contributed by atoms with Crippen LogP contribution in [-0.4, -0.2) is 18.6 Å². The number of phenolic OH excluding ortho intramolecular Hbond substituents is 1. The van der Waals surface area contributed by atoms with Crippen LogP contribution in [0.25, 0.3) is 0 Å². The minimum Gasteiger partial charge on any atom is -0.504 e. The van der Waals surface area contributed by atoms with E-state index in [0.717, 1.165) is 0 Å². The van der Waals surface area contributed by atoms with Crippen molar-refractivity contribution >= 4 is 12.4 Å². The number of phenols is 1. The Morgan fingerprint density at radius 3 is 2.40 bits per heavy atom. The predicted octanol–water partition coefficient (Wildman–Crippen LogP) is 2.09. The van der Waals surface area contributed by atoms with Gasteiger partial charge in [-0.1, -0.05) is 6.07 Å². The van der Waals surface area contributed by atoms with E-state index >= 15 is 0 Å². The number of halogens is 3. The van der Waals surface area contributed by atoms with Crippen LogP contribution in [0.3, 0.4) is 0 Å². The number of rotatable bonds is 3. The van der Waals surface area contributed by atoms with Gasteiger partial charge in [0, 0.05) is 0 Å². The summed E-state index contributed by atoms with van der Waals surface area (Å²) >= 11 is 0. The Labute approximate surface area is 92.3 Å². The minimum absolute atomic E-state index is 0. The van der Waals surface area contributed by atoms with Crippen LogP contribution in [0.4, 0.5) is 8.78 Å². The molecule has 1 rings (SSSR count). The third kappa shape index (κ3) is 3.21. The van der Waals surface area contributed by atoms with E-state index in [9.17, 15) is 13.9 Å². The maximum absolute atomic E-state index is 12.2. The molecule has 0 aromatic heterocycles. The zero-order valence-electron chi connectivity index (χ0n) is 7.98. The number of hydrogen-bond acceptors (Lipinski definition) is 3. The number of benzene rings is 1. The van der Waals surface area contributed by atoms with E-state index in [1.165, 1.54) is 25.3 Å². The van der Waals surface area contributed by atoms with E-state index in [-0.39, 0.29) is 29.5 Å².